The number of aromatic nitrogens is 4. The van der Waals surface area contributed by atoms with Crippen LogP contribution in [0.3, 0.4) is 0 Å². The van der Waals surface area contributed by atoms with E-state index in [0.717, 1.165) is 15.9 Å². The van der Waals surface area contributed by atoms with E-state index < -0.39 is 0 Å². The van der Waals surface area contributed by atoms with Crippen LogP contribution in [0.2, 0.25) is 0 Å². The maximum atomic E-state index is 12.0. The summed E-state index contributed by atoms with van der Waals surface area (Å²) in [6.45, 7) is 0.425. The molecule has 0 fully saturated rings. The first kappa shape index (κ1) is 15.8. The standard InChI is InChI=1S/C14H12BrN5O2S/c15-11-5-1-2-6-12(11)16-13(21)9-23-14-17-18-19-20(14)8-10-4-3-7-22-10/h1-7H,8-9H2,(H,16,21). The quantitative estimate of drug-likeness (QED) is 0.648. The molecule has 0 bridgehead atoms. The maximum absolute atomic E-state index is 12.0. The Morgan fingerprint density at radius 2 is 2.17 bits per heavy atom. The Kier molecular flexibility index (Phi) is 5.09. The summed E-state index contributed by atoms with van der Waals surface area (Å²) < 4.78 is 7.70. The first-order valence-corrected chi connectivity index (χ1v) is 8.46. The summed E-state index contributed by atoms with van der Waals surface area (Å²) in [7, 11) is 0. The summed E-state index contributed by atoms with van der Waals surface area (Å²) >= 11 is 4.66. The third kappa shape index (κ3) is 4.20. The van der Waals surface area contributed by atoms with E-state index in [1.165, 1.54) is 11.8 Å². The number of hydrogen-bond donors (Lipinski definition) is 1. The van der Waals surface area contributed by atoms with Gasteiger partial charge in [-0.25, -0.2) is 4.68 Å². The summed E-state index contributed by atoms with van der Waals surface area (Å²) in [6.07, 6.45) is 1.59. The van der Waals surface area contributed by atoms with Crippen LogP contribution < -0.4 is 5.32 Å². The van der Waals surface area contributed by atoms with Crippen molar-refractivity contribution >= 4 is 39.3 Å². The van der Waals surface area contributed by atoms with Crippen LogP contribution in [0.25, 0.3) is 0 Å². The number of rotatable bonds is 6. The van der Waals surface area contributed by atoms with Crippen molar-refractivity contribution in [2.75, 3.05) is 11.1 Å². The number of para-hydroxylation sites is 1. The van der Waals surface area contributed by atoms with Crippen LogP contribution in [0.1, 0.15) is 5.76 Å². The fourth-order valence-electron chi connectivity index (χ4n) is 1.83. The largest absolute Gasteiger partial charge is 0.467 e. The lowest BCUT2D eigenvalue weighted by Gasteiger charge is -2.06. The number of hydrogen-bond acceptors (Lipinski definition) is 6. The van der Waals surface area contributed by atoms with Gasteiger partial charge in [0.25, 0.3) is 0 Å². The van der Waals surface area contributed by atoms with Gasteiger partial charge in [0.05, 0.1) is 17.7 Å². The van der Waals surface area contributed by atoms with Crippen LogP contribution in [0.15, 0.2) is 56.7 Å². The van der Waals surface area contributed by atoms with Gasteiger partial charge in [0.1, 0.15) is 12.3 Å². The van der Waals surface area contributed by atoms with Crippen LogP contribution in [0.5, 0.6) is 0 Å². The van der Waals surface area contributed by atoms with Gasteiger partial charge in [0, 0.05) is 4.47 Å². The Morgan fingerprint density at radius 1 is 1.30 bits per heavy atom. The van der Waals surface area contributed by atoms with Crippen molar-refractivity contribution in [2.45, 2.75) is 11.7 Å². The molecule has 0 saturated heterocycles. The number of nitrogens with zero attached hydrogens (tertiary/aromatic N) is 4. The first-order chi connectivity index (χ1) is 11.2. The predicted octanol–water partition coefficient (Wildman–Crippen LogP) is 2.81. The summed E-state index contributed by atoms with van der Waals surface area (Å²) in [4.78, 5) is 12.0. The molecule has 1 aromatic carbocycles. The average Bonchev–Trinajstić information content (AvgIpc) is 3.20. The molecule has 1 amide bonds. The van der Waals surface area contributed by atoms with Crippen LogP contribution in [-0.2, 0) is 11.3 Å². The van der Waals surface area contributed by atoms with Crippen molar-refractivity contribution in [1.82, 2.24) is 20.2 Å². The number of halogens is 1. The zero-order chi connectivity index (χ0) is 16.1. The third-order valence-electron chi connectivity index (χ3n) is 2.87. The second kappa shape index (κ2) is 7.42. The molecule has 9 heteroatoms. The minimum Gasteiger partial charge on any atom is -0.467 e. The lowest BCUT2D eigenvalue weighted by molar-refractivity contribution is -0.113. The van der Waals surface area contributed by atoms with Gasteiger partial charge in [-0.1, -0.05) is 23.9 Å². The van der Waals surface area contributed by atoms with Crippen LogP contribution >= 0.6 is 27.7 Å². The molecule has 0 spiro atoms. The van der Waals surface area contributed by atoms with E-state index in [9.17, 15) is 4.79 Å². The number of carbonyl (C=O) groups excluding carboxylic acids is 1. The molecular formula is C14H12BrN5O2S. The van der Waals surface area contributed by atoms with Gasteiger partial charge >= 0.3 is 0 Å². The van der Waals surface area contributed by atoms with E-state index in [0.29, 0.717) is 11.7 Å². The molecule has 7 nitrogen and oxygen atoms in total. The number of anilines is 1. The zero-order valence-electron chi connectivity index (χ0n) is 11.8. The maximum Gasteiger partial charge on any atom is 0.234 e. The highest BCUT2D eigenvalue weighted by Crippen LogP contribution is 2.22. The molecule has 1 N–H and O–H groups in total. The van der Waals surface area contributed by atoms with Crippen molar-refractivity contribution < 1.29 is 9.21 Å². The molecule has 3 aromatic rings. The fourth-order valence-corrected chi connectivity index (χ4v) is 2.89. The molecule has 118 valence electrons. The molecule has 0 unspecified atom stereocenters. The Morgan fingerprint density at radius 3 is 2.96 bits per heavy atom. The summed E-state index contributed by atoms with van der Waals surface area (Å²) in [6, 6.07) is 11.1. The molecule has 0 atom stereocenters. The minimum absolute atomic E-state index is 0.130. The van der Waals surface area contributed by atoms with E-state index in [-0.39, 0.29) is 11.7 Å². The fraction of sp³-hybridized carbons (Fsp3) is 0.143. The zero-order valence-corrected chi connectivity index (χ0v) is 14.2. The second-order valence-corrected chi connectivity index (χ2v) is 6.31. The van der Waals surface area contributed by atoms with Crippen molar-refractivity contribution in [2.24, 2.45) is 0 Å². The van der Waals surface area contributed by atoms with Crippen molar-refractivity contribution in [3.05, 3.63) is 52.9 Å². The average molecular weight is 394 g/mol. The number of benzene rings is 1. The van der Waals surface area contributed by atoms with Gasteiger partial charge in [-0.2, -0.15) is 0 Å². The van der Waals surface area contributed by atoms with Gasteiger partial charge < -0.3 is 9.73 Å². The number of thioether (sulfide) groups is 1. The van der Waals surface area contributed by atoms with E-state index >= 15 is 0 Å². The van der Waals surface area contributed by atoms with Gasteiger partial charge in [-0.05, 0) is 50.6 Å². The number of furan rings is 1. The number of amides is 1. The SMILES string of the molecule is O=C(CSc1nnnn1Cc1ccco1)Nc1ccccc1Br. The smallest absolute Gasteiger partial charge is 0.234 e. The summed E-state index contributed by atoms with van der Waals surface area (Å²) in [5.74, 6) is 0.825. The molecule has 2 aromatic heterocycles. The molecule has 0 saturated carbocycles. The van der Waals surface area contributed by atoms with E-state index in [1.54, 1.807) is 17.0 Å². The van der Waals surface area contributed by atoms with Crippen molar-refractivity contribution in [3.8, 4) is 0 Å². The van der Waals surface area contributed by atoms with E-state index in [4.69, 9.17) is 4.42 Å². The minimum atomic E-state index is -0.130. The molecular weight excluding hydrogens is 382 g/mol. The monoisotopic (exact) mass is 393 g/mol. The van der Waals surface area contributed by atoms with Crippen molar-refractivity contribution in [1.29, 1.82) is 0 Å². The van der Waals surface area contributed by atoms with Gasteiger partial charge in [0.15, 0.2) is 0 Å². The molecule has 23 heavy (non-hydrogen) atoms. The normalized spacial score (nSPS) is 10.7. The summed E-state index contributed by atoms with van der Waals surface area (Å²) in [5, 5.41) is 14.9. The first-order valence-electron chi connectivity index (χ1n) is 6.68. The highest BCUT2D eigenvalue weighted by atomic mass is 79.9. The summed E-state index contributed by atoms with van der Waals surface area (Å²) in [5.41, 5.74) is 0.730. The molecule has 0 aliphatic heterocycles. The number of carbonyl (C=O) groups is 1. The Labute approximate surface area is 144 Å². The highest BCUT2D eigenvalue weighted by Gasteiger charge is 2.12. The molecule has 0 aliphatic rings. The van der Waals surface area contributed by atoms with Gasteiger partial charge in [-0.15, -0.1) is 5.10 Å². The van der Waals surface area contributed by atoms with Gasteiger partial charge in [0.2, 0.25) is 11.1 Å². The third-order valence-corrected chi connectivity index (χ3v) is 4.51. The highest BCUT2D eigenvalue weighted by molar-refractivity contribution is 9.10. The number of tetrazole rings is 1. The van der Waals surface area contributed by atoms with Crippen LogP contribution in [0.4, 0.5) is 5.69 Å². The van der Waals surface area contributed by atoms with Gasteiger partial charge in [-0.3, -0.25) is 4.79 Å². The van der Waals surface area contributed by atoms with Crippen molar-refractivity contribution in [3.63, 3.8) is 0 Å². The van der Waals surface area contributed by atoms with E-state index in [1.807, 2.05) is 30.3 Å². The lowest BCUT2D eigenvalue weighted by Crippen LogP contribution is -2.15. The van der Waals surface area contributed by atoms with Crippen LogP contribution in [0, 0.1) is 0 Å². The Balaban J connectivity index is 1.57. The lowest BCUT2D eigenvalue weighted by atomic mass is 10.3. The topological polar surface area (TPSA) is 85.8 Å². The van der Waals surface area contributed by atoms with E-state index in [2.05, 4.69) is 36.8 Å². The Hall–Kier alpha value is -2.13. The predicted molar refractivity (Wildman–Crippen MR) is 89.1 cm³/mol. The molecule has 2 heterocycles. The molecule has 3 rings (SSSR count). The molecule has 0 radical (unpaired) electrons. The van der Waals surface area contributed by atoms with Crippen LogP contribution in [-0.4, -0.2) is 31.9 Å². The molecule has 0 aliphatic carbocycles. The number of nitrogens with one attached hydrogen (secondary N) is 1. The Bertz CT molecular complexity index is 790. The second-order valence-electron chi connectivity index (χ2n) is 4.52.